The predicted octanol–water partition coefficient (Wildman–Crippen LogP) is 1.77. The van der Waals surface area contributed by atoms with Gasteiger partial charge >= 0.3 is 24.0 Å². The summed E-state index contributed by atoms with van der Waals surface area (Å²) in [5.41, 5.74) is -3.58. The van der Waals surface area contributed by atoms with Gasteiger partial charge in [-0.05, 0) is 19.1 Å². The van der Waals surface area contributed by atoms with Gasteiger partial charge in [-0.3, -0.25) is 19.2 Å². The fourth-order valence-electron chi connectivity index (χ4n) is 6.03. The maximum atomic E-state index is 14.1. The number of halogens is 3. The van der Waals surface area contributed by atoms with Crippen molar-refractivity contribution in [3.63, 3.8) is 0 Å². The van der Waals surface area contributed by atoms with Gasteiger partial charge < -0.3 is 39.3 Å². The van der Waals surface area contributed by atoms with E-state index in [9.17, 15) is 52.5 Å². The summed E-state index contributed by atoms with van der Waals surface area (Å²) in [6, 6.07) is 0.0899. The summed E-state index contributed by atoms with van der Waals surface area (Å²) in [5.74, 6) is -11.2. The van der Waals surface area contributed by atoms with E-state index in [1.165, 1.54) is 11.9 Å². The number of carboxylic acids is 2. The molecule has 2 saturated heterocycles. The smallest absolute Gasteiger partial charge is 0.409 e. The highest BCUT2D eigenvalue weighted by molar-refractivity contribution is 8.01. The number of likely N-dealkylation sites (tertiary alicyclic amines) is 1. The number of aromatic nitrogens is 3. The molecule has 1 unspecified atom stereocenters. The number of hydrogen-bond acceptors (Lipinski definition) is 12. The van der Waals surface area contributed by atoms with Gasteiger partial charge in [0.25, 0.3) is 0 Å². The minimum absolute atomic E-state index is 0.178. The number of thioether (sulfide) groups is 1. The van der Waals surface area contributed by atoms with Gasteiger partial charge in [-0.1, -0.05) is 5.21 Å². The van der Waals surface area contributed by atoms with Crippen LogP contribution in [0.25, 0.3) is 11.3 Å². The molecule has 2 aliphatic heterocycles. The van der Waals surface area contributed by atoms with Gasteiger partial charge in [0.2, 0.25) is 5.91 Å². The molecule has 2 aromatic rings. The molecular formula is C30H36F3N5O11S. The average Bonchev–Trinajstić information content (AvgIpc) is 3.52. The Bertz CT molecular complexity index is 1600. The predicted molar refractivity (Wildman–Crippen MR) is 165 cm³/mol. The number of ether oxygens (including phenoxy) is 3. The molecule has 3 heterocycles. The third-order valence-corrected chi connectivity index (χ3v) is 10.2. The summed E-state index contributed by atoms with van der Waals surface area (Å²) >= 11 is 0.742. The highest BCUT2D eigenvalue weighted by atomic mass is 32.2. The molecule has 0 spiro atoms. The maximum Gasteiger partial charge on any atom is 0.409 e. The fourth-order valence-corrected chi connectivity index (χ4v) is 7.67. The molecule has 0 radical (unpaired) electrons. The fraction of sp³-hybridized carbons (Fsp3) is 0.567. The molecule has 0 aliphatic carbocycles. The monoisotopic (exact) mass is 731 g/mol. The number of β-amino-alcohol motifs (C(OH)–C–C–N with tert-alkyl or cyclic N) is 1. The van der Waals surface area contributed by atoms with Crippen molar-refractivity contribution in [3.8, 4) is 11.3 Å². The van der Waals surface area contributed by atoms with E-state index in [1.54, 1.807) is 6.92 Å². The van der Waals surface area contributed by atoms with Crippen LogP contribution in [0.4, 0.5) is 18.0 Å². The SMILES string of the molecule is CCN(C)C(=O)C(S[C@@H]1O[C@@H](COC(C)=O)[C@H](CC(=O)O)[C@H](n2cc(-c3cc(F)c(F)c(F)c3)nn2)[C@H]1CC(=O)O)C1(O)CN(C(=O)OC)C1. The molecule has 2 aliphatic rings. The Morgan fingerprint density at radius 1 is 1.10 bits per heavy atom. The molecule has 2 amide bonds. The van der Waals surface area contributed by atoms with Gasteiger partial charge in [-0.25, -0.2) is 22.6 Å². The van der Waals surface area contributed by atoms with Gasteiger partial charge in [0.15, 0.2) is 17.5 Å². The van der Waals surface area contributed by atoms with E-state index >= 15 is 0 Å². The quantitative estimate of drug-likeness (QED) is 0.198. The number of aliphatic carboxylic acids is 2. The number of carbonyl (C=O) groups is 5. The molecule has 1 aromatic heterocycles. The van der Waals surface area contributed by atoms with Gasteiger partial charge in [-0.2, -0.15) is 0 Å². The Morgan fingerprint density at radius 3 is 2.24 bits per heavy atom. The molecule has 0 saturated carbocycles. The number of carboxylic acid groups (broad SMARTS) is 2. The van der Waals surface area contributed by atoms with E-state index in [2.05, 4.69) is 10.3 Å². The normalized spacial score (nSPS) is 23.4. The Hall–Kier alpha value is -4.43. The summed E-state index contributed by atoms with van der Waals surface area (Å²) in [4.78, 5) is 64.6. The second kappa shape index (κ2) is 15.6. The number of benzene rings is 1. The summed E-state index contributed by atoms with van der Waals surface area (Å²) < 4.78 is 59.1. The first kappa shape index (κ1) is 38.4. The third-order valence-electron chi connectivity index (χ3n) is 8.58. The molecule has 6 atom stereocenters. The first-order chi connectivity index (χ1) is 23.5. The number of aliphatic hydroxyl groups is 1. The Balaban J connectivity index is 1.84. The first-order valence-corrected chi connectivity index (χ1v) is 16.2. The van der Waals surface area contributed by atoms with Crippen LogP contribution in [0.2, 0.25) is 0 Å². The molecular weight excluding hydrogens is 695 g/mol. The van der Waals surface area contributed by atoms with Crippen molar-refractivity contribution in [3.05, 3.63) is 35.8 Å². The van der Waals surface area contributed by atoms with Crippen molar-refractivity contribution < 1.29 is 66.7 Å². The van der Waals surface area contributed by atoms with Crippen LogP contribution in [0.1, 0.15) is 32.7 Å². The lowest BCUT2D eigenvalue weighted by Crippen LogP contribution is -2.71. The lowest BCUT2D eigenvalue weighted by Gasteiger charge is -2.51. The van der Waals surface area contributed by atoms with E-state index in [0.717, 1.165) is 41.6 Å². The number of esters is 1. The zero-order chi connectivity index (χ0) is 37.1. The first-order valence-electron chi connectivity index (χ1n) is 15.2. The number of amides is 2. The largest absolute Gasteiger partial charge is 0.481 e. The molecule has 0 bridgehead atoms. The van der Waals surface area contributed by atoms with Crippen LogP contribution >= 0.6 is 11.8 Å². The van der Waals surface area contributed by atoms with E-state index in [1.807, 2.05) is 0 Å². The van der Waals surface area contributed by atoms with E-state index in [-0.39, 0.29) is 30.9 Å². The van der Waals surface area contributed by atoms with Crippen LogP contribution in [-0.2, 0) is 33.4 Å². The number of carbonyl (C=O) groups excluding carboxylic acids is 3. The summed E-state index contributed by atoms with van der Waals surface area (Å²) in [6.07, 6.45) is -2.22. The summed E-state index contributed by atoms with van der Waals surface area (Å²) in [5, 5.41) is 38.2. The molecule has 50 heavy (non-hydrogen) atoms. The van der Waals surface area contributed by atoms with Gasteiger partial charge in [0.05, 0.1) is 51.4 Å². The van der Waals surface area contributed by atoms with Crippen LogP contribution in [0.5, 0.6) is 0 Å². The van der Waals surface area contributed by atoms with Gasteiger partial charge in [-0.15, -0.1) is 16.9 Å². The number of hydrogen-bond donors (Lipinski definition) is 3. The van der Waals surface area contributed by atoms with Gasteiger partial charge in [0, 0.05) is 37.9 Å². The highest BCUT2D eigenvalue weighted by Crippen LogP contribution is 2.49. The van der Waals surface area contributed by atoms with E-state index in [0.29, 0.717) is 12.1 Å². The number of nitrogens with zero attached hydrogens (tertiary/aromatic N) is 5. The molecule has 3 N–H and O–H groups in total. The van der Waals surface area contributed by atoms with Crippen LogP contribution in [0.3, 0.4) is 0 Å². The van der Waals surface area contributed by atoms with Crippen molar-refractivity contribution in [2.24, 2.45) is 11.8 Å². The van der Waals surface area contributed by atoms with E-state index in [4.69, 9.17) is 14.2 Å². The van der Waals surface area contributed by atoms with Crippen LogP contribution in [0.15, 0.2) is 18.3 Å². The van der Waals surface area contributed by atoms with Crippen molar-refractivity contribution in [1.29, 1.82) is 0 Å². The topological polar surface area (TPSA) is 211 Å². The summed E-state index contributed by atoms with van der Waals surface area (Å²) in [7, 11) is 2.61. The number of rotatable bonds is 13. The second-order valence-electron chi connectivity index (χ2n) is 12.0. The lowest BCUT2D eigenvalue weighted by atomic mass is 9.79. The van der Waals surface area contributed by atoms with E-state index < -0.39 is 107 Å². The van der Waals surface area contributed by atoms with Gasteiger partial charge in [0.1, 0.15) is 28.6 Å². The zero-order valence-corrected chi connectivity index (χ0v) is 28.1. The standard InChI is InChI=1S/C30H36F3N5O11S/c1-5-36(3)27(44)26(30(46)12-37(13-30)29(45)47-4)50-28-17(9-23(42)43)25(16(8-22(40)41)21(49-28)11-48-14(2)39)38-10-20(34-35-38)15-6-18(31)24(33)19(32)7-15/h6-7,10,16-17,21,25-26,28,46H,5,8-9,11-13H2,1-4H3,(H,40,41)(H,42,43)/t16-,17+,21-,25-,26?,28-/m0/s1. The zero-order valence-electron chi connectivity index (χ0n) is 27.3. The Labute approximate surface area is 287 Å². The number of methoxy groups -OCH3 is 1. The molecule has 2 fully saturated rings. The minimum atomic E-state index is -1.84. The Morgan fingerprint density at radius 2 is 1.70 bits per heavy atom. The van der Waals surface area contributed by atoms with Crippen molar-refractivity contribution in [2.75, 3.05) is 40.4 Å². The minimum Gasteiger partial charge on any atom is -0.481 e. The maximum absolute atomic E-state index is 14.1. The highest BCUT2D eigenvalue weighted by Gasteiger charge is 2.57. The van der Waals surface area contributed by atoms with Crippen LogP contribution in [0, 0.1) is 29.3 Å². The molecule has 20 heteroatoms. The van der Waals surface area contributed by atoms with Crippen molar-refractivity contribution >= 4 is 41.7 Å². The van der Waals surface area contributed by atoms with Crippen molar-refractivity contribution in [1.82, 2.24) is 24.8 Å². The Kier molecular flexibility index (Phi) is 12.0. The van der Waals surface area contributed by atoms with Crippen LogP contribution in [-0.4, -0.2) is 133 Å². The molecule has 16 nitrogen and oxygen atoms in total. The summed E-state index contributed by atoms with van der Waals surface area (Å²) in [6.45, 7) is 1.83. The molecule has 4 rings (SSSR count). The van der Waals surface area contributed by atoms with Crippen molar-refractivity contribution in [2.45, 2.75) is 55.1 Å². The lowest BCUT2D eigenvalue weighted by molar-refractivity contribution is -0.167. The molecule has 274 valence electrons. The molecule has 1 aromatic carbocycles. The second-order valence-corrected chi connectivity index (χ2v) is 13.2. The third kappa shape index (κ3) is 8.29. The van der Waals surface area contributed by atoms with Crippen LogP contribution < -0.4 is 0 Å². The average molecular weight is 732 g/mol.